The number of alkyl halides is 2. The van der Waals surface area contributed by atoms with Crippen LogP contribution in [-0.4, -0.2) is 48.5 Å². The van der Waals surface area contributed by atoms with Gasteiger partial charge in [-0.2, -0.15) is 0 Å². The van der Waals surface area contributed by atoms with Gasteiger partial charge in [0.2, 0.25) is 5.91 Å². The number of nitrogens with one attached hydrogen (secondary N) is 2. The molecule has 2 N–H and O–H groups in total. The molecule has 1 unspecified atom stereocenters. The highest BCUT2D eigenvalue weighted by atomic mass is 19.3. The third-order valence-electron chi connectivity index (χ3n) is 4.24. The summed E-state index contributed by atoms with van der Waals surface area (Å²) in [6.45, 7) is 1.19. The Bertz CT molecular complexity index is 518. The van der Waals surface area contributed by atoms with Crippen LogP contribution in [0.4, 0.5) is 14.6 Å². The second-order valence-corrected chi connectivity index (χ2v) is 5.95. The molecule has 0 spiro atoms. The molecule has 5 nitrogen and oxygen atoms in total. The van der Waals surface area contributed by atoms with Crippen LogP contribution in [0.5, 0.6) is 0 Å². The lowest BCUT2D eigenvalue weighted by molar-refractivity contribution is -0.124. The van der Waals surface area contributed by atoms with Gasteiger partial charge in [0.05, 0.1) is 12.6 Å². The number of anilines is 1. The fourth-order valence-electron chi connectivity index (χ4n) is 3.00. The Hall–Kier alpha value is -1.76. The van der Waals surface area contributed by atoms with Crippen LogP contribution in [0.2, 0.25) is 0 Å². The minimum absolute atomic E-state index is 0.0449. The van der Waals surface area contributed by atoms with Crippen molar-refractivity contribution >= 4 is 11.7 Å². The van der Waals surface area contributed by atoms with E-state index in [0.717, 1.165) is 31.7 Å². The van der Waals surface area contributed by atoms with Gasteiger partial charge < -0.3 is 10.2 Å². The van der Waals surface area contributed by atoms with Crippen molar-refractivity contribution in [2.75, 3.05) is 24.5 Å². The Labute approximate surface area is 128 Å². The Morgan fingerprint density at radius 3 is 2.73 bits per heavy atom. The number of carbonyl (C=O) groups excluding carboxylic acids is 1. The highest BCUT2D eigenvalue weighted by Gasteiger charge is 2.42. The van der Waals surface area contributed by atoms with Crippen molar-refractivity contribution in [2.45, 2.75) is 37.3 Å². The summed E-state index contributed by atoms with van der Waals surface area (Å²) in [5.74, 6) is -2.15. The van der Waals surface area contributed by atoms with Crippen molar-refractivity contribution in [3.8, 4) is 0 Å². The molecule has 0 saturated carbocycles. The summed E-state index contributed by atoms with van der Waals surface area (Å²) < 4.78 is 26.2. The van der Waals surface area contributed by atoms with Gasteiger partial charge >= 0.3 is 0 Å². The fraction of sp³-hybridized carbons (Fsp3) is 0.600. The highest BCUT2D eigenvalue weighted by molar-refractivity contribution is 5.82. The molecule has 22 heavy (non-hydrogen) atoms. The predicted molar refractivity (Wildman–Crippen MR) is 79.0 cm³/mol. The van der Waals surface area contributed by atoms with Crippen LogP contribution >= 0.6 is 0 Å². The molecule has 2 fully saturated rings. The van der Waals surface area contributed by atoms with Gasteiger partial charge in [-0.3, -0.25) is 10.1 Å². The van der Waals surface area contributed by atoms with Gasteiger partial charge in [0, 0.05) is 31.7 Å². The first-order chi connectivity index (χ1) is 10.5. The first-order valence-corrected chi connectivity index (χ1v) is 7.61. The number of piperidine rings is 1. The number of amides is 1. The number of nitrogens with zero attached hydrogens (tertiary/aromatic N) is 2. The maximum Gasteiger partial charge on any atom is 0.262 e. The molecule has 2 aliphatic heterocycles. The van der Waals surface area contributed by atoms with Crippen LogP contribution in [0.25, 0.3) is 0 Å². The molecule has 120 valence electrons. The number of halogens is 2. The number of aromatic nitrogens is 1. The number of hydrogen-bond donors (Lipinski definition) is 2. The first-order valence-electron chi connectivity index (χ1n) is 7.61. The zero-order valence-corrected chi connectivity index (χ0v) is 12.3. The lowest BCUT2D eigenvalue weighted by atomic mass is 10.0. The van der Waals surface area contributed by atoms with Crippen LogP contribution in [0.1, 0.15) is 19.3 Å². The molecule has 1 amide bonds. The lowest BCUT2D eigenvalue weighted by Gasteiger charge is -2.33. The summed E-state index contributed by atoms with van der Waals surface area (Å²) in [7, 11) is 0. The van der Waals surface area contributed by atoms with E-state index in [9.17, 15) is 13.6 Å². The summed E-state index contributed by atoms with van der Waals surface area (Å²) in [4.78, 5) is 18.5. The van der Waals surface area contributed by atoms with E-state index in [1.807, 2.05) is 18.2 Å². The van der Waals surface area contributed by atoms with E-state index in [4.69, 9.17) is 0 Å². The van der Waals surface area contributed by atoms with Crippen LogP contribution in [0.3, 0.4) is 0 Å². The molecule has 0 radical (unpaired) electrons. The highest BCUT2D eigenvalue weighted by Crippen LogP contribution is 2.25. The molecule has 1 aromatic rings. The van der Waals surface area contributed by atoms with E-state index in [1.165, 1.54) is 0 Å². The molecule has 7 heteroatoms. The van der Waals surface area contributed by atoms with Gasteiger partial charge in [0.15, 0.2) is 0 Å². The van der Waals surface area contributed by atoms with Gasteiger partial charge in [-0.25, -0.2) is 13.8 Å². The smallest absolute Gasteiger partial charge is 0.262 e. The van der Waals surface area contributed by atoms with Gasteiger partial charge in [-0.1, -0.05) is 6.07 Å². The molecule has 3 rings (SSSR count). The molecule has 0 aromatic carbocycles. The minimum atomic E-state index is -2.77. The van der Waals surface area contributed by atoms with Crippen molar-refractivity contribution in [3.05, 3.63) is 24.4 Å². The Kier molecular flexibility index (Phi) is 4.24. The Morgan fingerprint density at radius 2 is 2.14 bits per heavy atom. The van der Waals surface area contributed by atoms with Crippen LogP contribution in [0, 0.1) is 0 Å². The van der Waals surface area contributed by atoms with Crippen LogP contribution < -0.4 is 15.5 Å². The van der Waals surface area contributed by atoms with Crippen LogP contribution in [-0.2, 0) is 4.79 Å². The van der Waals surface area contributed by atoms with E-state index >= 15 is 0 Å². The van der Waals surface area contributed by atoms with Crippen molar-refractivity contribution in [1.82, 2.24) is 15.6 Å². The minimum Gasteiger partial charge on any atom is -0.356 e. The largest absolute Gasteiger partial charge is 0.356 e. The maximum atomic E-state index is 13.1. The Balaban J connectivity index is 1.47. The summed E-state index contributed by atoms with van der Waals surface area (Å²) in [6.07, 6.45) is 2.94. The van der Waals surface area contributed by atoms with E-state index in [1.54, 1.807) is 6.20 Å². The second-order valence-electron chi connectivity index (χ2n) is 5.95. The van der Waals surface area contributed by atoms with Crippen LogP contribution in [0.15, 0.2) is 24.4 Å². The molecular weight excluding hydrogens is 290 g/mol. The summed E-state index contributed by atoms with van der Waals surface area (Å²) in [6, 6.07) is 5.05. The fourth-order valence-corrected chi connectivity index (χ4v) is 3.00. The lowest BCUT2D eigenvalue weighted by Crippen LogP contribution is -2.49. The molecule has 0 bridgehead atoms. The Morgan fingerprint density at radius 1 is 1.36 bits per heavy atom. The molecule has 1 aromatic heterocycles. The molecule has 2 saturated heterocycles. The normalized spacial score (nSPS) is 25.2. The molecule has 3 heterocycles. The first kappa shape index (κ1) is 15.1. The molecule has 0 aliphatic carbocycles. The summed E-state index contributed by atoms with van der Waals surface area (Å²) in [5, 5.41) is 5.48. The zero-order valence-electron chi connectivity index (χ0n) is 12.3. The van der Waals surface area contributed by atoms with E-state index in [2.05, 4.69) is 20.5 Å². The van der Waals surface area contributed by atoms with Gasteiger partial charge in [0.1, 0.15) is 5.82 Å². The average Bonchev–Trinajstić information content (AvgIpc) is 2.89. The quantitative estimate of drug-likeness (QED) is 0.880. The van der Waals surface area contributed by atoms with E-state index in [-0.39, 0.29) is 11.9 Å². The number of carbonyl (C=O) groups is 1. The van der Waals surface area contributed by atoms with Crippen molar-refractivity contribution in [1.29, 1.82) is 0 Å². The monoisotopic (exact) mass is 310 g/mol. The van der Waals surface area contributed by atoms with E-state index < -0.39 is 24.9 Å². The number of rotatable bonds is 3. The zero-order chi connectivity index (χ0) is 15.6. The summed E-state index contributed by atoms with van der Waals surface area (Å²) >= 11 is 0. The molecule has 2 aliphatic rings. The average molecular weight is 310 g/mol. The van der Waals surface area contributed by atoms with E-state index in [0.29, 0.717) is 0 Å². The number of hydrogen-bond acceptors (Lipinski definition) is 4. The third-order valence-corrected chi connectivity index (χ3v) is 4.24. The second kappa shape index (κ2) is 6.16. The predicted octanol–water partition coefficient (Wildman–Crippen LogP) is 1.16. The van der Waals surface area contributed by atoms with Crippen molar-refractivity contribution < 1.29 is 13.6 Å². The SMILES string of the molecule is O=C(NC1CCN(c2ccccn2)CC1)C1CC(F)(F)CN1. The number of pyridine rings is 1. The summed E-state index contributed by atoms with van der Waals surface area (Å²) in [5.41, 5.74) is 0. The van der Waals surface area contributed by atoms with Gasteiger partial charge in [-0.05, 0) is 25.0 Å². The van der Waals surface area contributed by atoms with Crippen molar-refractivity contribution in [3.63, 3.8) is 0 Å². The maximum absolute atomic E-state index is 13.1. The molecule has 1 atom stereocenters. The van der Waals surface area contributed by atoms with Gasteiger partial charge in [0.25, 0.3) is 5.92 Å². The third kappa shape index (κ3) is 3.52. The molecular formula is C15H20F2N4O. The standard InChI is InChI=1S/C15H20F2N4O/c16-15(17)9-12(19-10-15)14(22)20-11-4-7-21(8-5-11)13-3-1-2-6-18-13/h1-3,6,11-12,19H,4-5,7-10H2,(H,20,22). The topological polar surface area (TPSA) is 57.3 Å². The van der Waals surface area contributed by atoms with Gasteiger partial charge in [-0.15, -0.1) is 0 Å². The van der Waals surface area contributed by atoms with Crippen molar-refractivity contribution in [2.24, 2.45) is 0 Å².